The molecule has 1 N–H and O–H groups in total. The van der Waals surface area contributed by atoms with E-state index in [2.05, 4.69) is 15.4 Å². The van der Waals surface area contributed by atoms with E-state index < -0.39 is 6.04 Å². The topological polar surface area (TPSA) is 76.9 Å². The van der Waals surface area contributed by atoms with E-state index in [1.165, 1.54) is 4.68 Å². The number of hydrogen-bond acceptors (Lipinski definition) is 4. The van der Waals surface area contributed by atoms with Crippen molar-refractivity contribution >= 4 is 5.91 Å². The van der Waals surface area contributed by atoms with Crippen molar-refractivity contribution in [3.05, 3.63) is 57.8 Å². The maximum Gasteiger partial charge on any atom is 0.267 e. The number of carbonyl (C=O) groups excluding carboxylic acids is 1. The Morgan fingerprint density at radius 2 is 2.14 bits per heavy atom. The molecule has 114 valence electrons. The van der Waals surface area contributed by atoms with Crippen LogP contribution in [-0.2, 0) is 24.2 Å². The highest BCUT2D eigenvalue weighted by Gasteiger charge is 2.21. The Balaban J connectivity index is 1.72. The minimum atomic E-state index is -0.625. The van der Waals surface area contributed by atoms with Gasteiger partial charge in [-0.05, 0) is 49.4 Å². The zero-order valence-electron chi connectivity index (χ0n) is 12.5. The van der Waals surface area contributed by atoms with E-state index in [9.17, 15) is 9.59 Å². The van der Waals surface area contributed by atoms with Crippen LogP contribution in [0.3, 0.4) is 0 Å². The van der Waals surface area contributed by atoms with E-state index >= 15 is 0 Å². The zero-order chi connectivity index (χ0) is 15.5. The van der Waals surface area contributed by atoms with Crippen molar-refractivity contribution in [1.29, 1.82) is 0 Å². The van der Waals surface area contributed by atoms with E-state index in [4.69, 9.17) is 0 Å². The molecular formula is C16H18N4O2. The summed E-state index contributed by atoms with van der Waals surface area (Å²) in [5, 5.41) is 7.19. The maximum absolute atomic E-state index is 12.2. The molecule has 1 aliphatic rings. The van der Waals surface area contributed by atoms with E-state index in [1.54, 1.807) is 25.4 Å². The highest BCUT2D eigenvalue weighted by Crippen LogP contribution is 2.18. The number of rotatable bonds is 4. The fourth-order valence-electron chi connectivity index (χ4n) is 2.64. The third-order valence-electron chi connectivity index (χ3n) is 3.94. The lowest BCUT2D eigenvalue weighted by atomic mass is 10.2. The molecule has 1 aliphatic carbocycles. The summed E-state index contributed by atoms with van der Waals surface area (Å²) in [5.41, 5.74) is 2.70. The van der Waals surface area contributed by atoms with Gasteiger partial charge in [0.15, 0.2) is 0 Å². The predicted molar refractivity (Wildman–Crippen MR) is 81.3 cm³/mol. The Bertz CT molecular complexity index is 740. The molecule has 1 atom stereocenters. The molecule has 2 aromatic rings. The third-order valence-corrected chi connectivity index (χ3v) is 3.94. The second-order valence-corrected chi connectivity index (χ2v) is 5.50. The van der Waals surface area contributed by atoms with Gasteiger partial charge in [-0.25, -0.2) is 4.68 Å². The predicted octanol–water partition coefficient (Wildman–Crippen LogP) is 1.00. The summed E-state index contributed by atoms with van der Waals surface area (Å²) in [6, 6.07) is 4.66. The average Bonchev–Trinajstić information content (AvgIpc) is 2.99. The first kappa shape index (κ1) is 14.4. The molecule has 2 heterocycles. The first-order valence-corrected chi connectivity index (χ1v) is 7.43. The molecule has 0 bridgehead atoms. The van der Waals surface area contributed by atoms with E-state index in [-0.39, 0.29) is 11.5 Å². The number of nitrogens with one attached hydrogen (secondary N) is 1. The van der Waals surface area contributed by atoms with Crippen molar-refractivity contribution in [2.24, 2.45) is 0 Å². The van der Waals surface area contributed by atoms with Gasteiger partial charge in [-0.2, -0.15) is 5.10 Å². The van der Waals surface area contributed by atoms with Gasteiger partial charge in [0.25, 0.3) is 5.56 Å². The molecule has 22 heavy (non-hydrogen) atoms. The fourth-order valence-corrected chi connectivity index (χ4v) is 2.64. The summed E-state index contributed by atoms with van der Waals surface area (Å²) in [6.07, 6.45) is 6.16. The smallest absolute Gasteiger partial charge is 0.267 e. The molecule has 0 spiro atoms. The van der Waals surface area contributed by atoms with Gasteiger partial charge in [-0.3, -0.25) is 14.6 Å². The van der Waals surface area contributed by atoms with Crippen molar-refractivity contribution in [3.8, 4) is 0 Å². The second kappa shape index (κ2) is 6.09. The van der Waals surface area contributed by atoms with Gasteiger partial charge in [-0.1, -0.05) is 0 Å². The summed E-state index contributed by atoms with van der Waals surface area (Å²) in [4.78, 5) is 28.3. The number of fused-ring (bicyclic) bond motifs is 1. The highest BCUT2D eigenvalue weighted by molar-refractivity contribution is 5.79. The molecule has 3 rings (SSSR count). The van der Waals surface area contributed by atoms with Crippen LogP contribution in [0.1, 0.15) is 36.2 Å². The van der Waals surface area contributed by atoms with Gasteiger partial charge in [0.2, 0.25) is 5.91 Å². The minimum absolute atomic E-state index is 0.216. The number of aromatic nitrogens is 3. The normalized spacial score (nSPS) is 14.4. The molecule has 0 unspecified atom stereocenters. The lowest BCUT2D eigenvalue weighted by molar-refractivity contribution is -0.124. The van der Waals surface area contributed by atoms with Gasteiger partial charge in [0.1, 0.15) is 6.04 Å². The lowest BCUT2D eigenvalue weighted by Crippen LogP contribution is -2.37. The molecule has 6 nitrogen and oxygen atoms in total. The van der Waals surface area contributed by atoms with E-state index in [1.807, 2.05) is 12.1 Å². The molecule has 0 radical (unpaired) electrons. The third kappa shape index (κ3) is 2.90. The van der Waals surface area contributed by atoms with Gasteiger partial charge in [0.05, 0.1) is 5.69 Å². The zero-order valence-corrected chi connectivity index (χ0v) is 12.5. The van der Waals surface area contributed by atoms with Crippen LogP contribution in [0.15, 0.2) is 35.4 Å². The molecule has 6 heteroatoms. The van der Waals surface area contributed by atoms with Crippen molar-refractivity contribution in [2.45, 2.75) is 38.8 Å². The number of carbonyl (C=O) groups is 1. The molecule has 0 aliphatic heterocycles. The van der Waals surface area contributed by atoms with E-state index in [0.717, 1.165) is 36.1 Å². The Morgan fingerprint density at radius 1 is 1.36 bits per heavy atom. The van der Waals surface area contributed by atoms with Crippen molar-refractivity contribution in [2.75, 3.05) is 0 Å². The minimum Gasteiger partial charge on any atom is -0.350 e. The highest BCUT2D eigenvalue weighted by atomic mass is 16.2. The van der Waals surface area contributed by atoms with Crippen molar-refractivity contribution in [1.82, 2.24) is 20.1 Å². The maximum atomic E-state index is 12.2. The summed E-state index contributed by atoms with van der Waals surface area (Å²) < 4.78 is 1.28. The van der Waals surface area contributed by atoms with Crippen LogP contribution in [0.5, 0.6) is 0 Å². The van der Waals surface area contributed by atoms with Crippen LogP contribution >= 0.6 is 0 Å². The number of amides is 1. The SMILES string of the molecule is C[C@H](C(=O)NCc1ccncc1)n1nc2c(cc1=O)CCC2. The Labute approximate surface area is 128 Å². The van der Waals surface area contributed by atoms with Gasteiger partial charge in [-0.15, -0.1) is 0 Å². The summed E-state index contributed by atoms with van der Waals surface area (Å²) in [6.45, 7) is 2.10. The standard InChI is InChI=1S/C16H18N4O2/c1-11(16(22)18-10-12-5-7-17-8-6-12)20-15(21)9-13-3-2-4-14(13)19-20/h5-9,11H,2-4,10H2,1H3,(H,18,22)/t11-/m1/s1. The first-order valence-electron chi connectivity index (χ1n) is 7.43. The molecule has 0 aromatic carbocycles. The average molecular weight is 298 g/mol. The Hall–Kier alpha value is -2.50. The first-order chi connectivity index (χ1) is 10.6. The van der Waals surface area contributed by atoms with Crippen LogP contribution in [0.2, 0.25) is 0 Å². The largest absolute Gasteiger partial charge is 0.350 e. The summed E-state index contributed by atoms with van der Waals surface area (Å²) in [7, 11) is 0. The lowest BCUT2D eigenvalue weighted by Gasteiger charge is -2.15. The Morgan fingerprint density at radius 3 is 2.91 bits per heavy atom. The van der Waals surface area contributed by atoms with Crippen LogP contribution in [0.4, 0.5) is 0 Å². The monoisotopic (exact) mass is 298 g/mol. The van der Waals surface area contributed by atoms with Gasteiger partial charge >= 0.3 is 0 Å². The quantitative estimate of drug-likeness (QED) is 0.913. The van der Waals surface area contributed by atoms with Crippen molar-refractivity contribution < 1.29 is 4.79 Å². The van der Waals surface area contributed by atoms with Crippen LogP contribution in [0, 0.1) is 0 Å². The van der Waals surface area contributed by atoms with Crippen LogP contribution in [0.25, 0.3) is 0 Å². The molecule has 0 saturated carbocycles. The Kier molecular flexibility index (Phi) is 4.00. The number of nitrogens with zero attached hydrogens (tertiary/aromatic N) is 3. The van der Waals surface area contributed by atoms with Gasteiger partial charge < -0.3 is 5.32 Å². The molecule has 1 amide bonds. The fraction of sp³-hybridized carbons (Fsp3) is 0.375. The molecular weight excluding hydrogens is 280 g/mol. The molecule has 2 aromatic heterocycles. The summed E-state index contributed by atoms with van der Waals surface area (Å²) in [5.74, 6) is -0.218. The molecule has 0 saturated heterocycles. The second-order valence-electron chi connectivity index (χ2n) is 5.50. The summed E-state index contributed by atoms with van der Waals surface area (Å²) >= 11 is 0. The van der Waals surface area contributed by atoms with Crippen molar-refractivity contribution in [3.63, 3.8) is 0 Å². The van der Waals surface area contributed by atoms with Crippen LogP contribution in [-0.4, -0.2) is 20.7 Å². The number of pyridine rings is 1. The molecule has 0 fully saturated rings. The van der Waals surface area contributed by atoms with Crippen LogP contribution < -0.4 is 10.9 Å². The number of aryl methyl sites for hydroxylation is 2. The van der Waals surface area contributed by atoms with Gasteiger partial charge in [0, 0.05) is 25.0 Å². The van der Waals surface area contributed by atoms with E-state index in [0.29, 0.717) is 6.54 Å². The number of hydrogen-bond donors (Lipinski definition) is 1.